The normalized spacial score (nSPS) is 25.0. The molecule has 2 bridgehead atoms. The summed E-state index contributed by atoms with van der Waals surface area (Å²) in [4.78, 5) is 2.77. The van der Waals surface area contributed by atoms with Crippen molar-refractivity contribution in [3.05, 3.63) is 102 Å². The molecule has 3 aliphatic rings. The topological polar surface area (TPSA) is 29.1 Å². The largest absolute Gasteiger partial charge is 0.496 e. The van der Waals surface area contributed by atoms with E-state index in [0.29, 0.717) is 18.0 Å². The molecule has 0 radical (unpaired) electrons. The zero-order chi connectivity index (χ0) is 21.0. The molecule has 0 spiro atoms. The third-order valence-corrected chi connectivity index (χ3v) is 7.40. The van der Waals surface area contributed by atoms with Gasteiger partial charge < -0.3 is 10.1 Å². The molecule has 6 rings (SSSR count). The molecule has 31 heavy (non-hydrogen) atoms. The SMILES string of the molecule is COc1ccccc1C[NH2+][C@H]1C2CCN(CC2)[C@H]1C(c1ccccc1)c1ccccc1. The lowest BCUT2D eigenvalue weighted by Gasteiger charge is -2.52. The summed E-state index contributed by atoms with van der Waals surface area (Å²) in [6, 6.07) is 31.8. The minimum absolute atomic E-state index is 0.393. The first-order valence-corrected chi connectivity index (χ1v) is 11.6. The van der Waals surface area contributed by atoms with Crippen molar-refractivity contribution in [1.29, 1.82) is 0 Å². The Morgan fingerprint density at radius 1 is 0.839 bits per heavy atom. The predicted molar refractivity (Wildman–Crippen MR) is 125 cm³/mol. The van der Waals surface area contributed by atoms with Crippen molar-refractivity contribution in [2.75, 3.05) is 20.2 Å². The number of hydrogen-bond donors (Lipinski definition) is 1. The van der Waals surface area contributed by atoms with Gasteiger partial charge in [0.15, 0.2) is 0 Å². The Morgan fingerprint density at radius 3 is 2.03 bits per heavy atom. The van der Waals surface area contributed by atoms with E-state index >= 15 is 0 Å². The fourth-order valence-electron chi connectivity index (χ4n) is 5.93. The van der Waals surface area contributed by atoms with Gasteiger partial charge >= 0.3 is 0 Å². The summed E-state index contributed by atoms with van der Waals surface area (Å²) in [5.74, 6) is 2.17. The first kappa shape index (κ1) is 20.3. The molecule has 2 N–H and O–H groups in total. The van der Waals surface area contributed by atoms with Crippen LogP contribution < -0.4 is 10.1 Å². The Balaban J connectivity index is 1.49. The van der Waals surface area contributed by atoms with E-state index in [2.05, 4.69) is 95.1 Å². The van der Waals surface area contributed by atoms with E-state index in [-0.39, 0.29) is 0 Å². The Hall–Kier alpha value is -2.62. The molecule has 3 heterocycles. The van der Waals surface area contributed by atoms with Crippen LogP contribution in [0.1, 0.15) is 35.4 Å². The third kappa shape index (κ3) is 4.13. The van der Waals surface area contributed by atoms with E-state index in [1.807, 2.05) is 0 Å². The number of nitrogens with zero attached hydrogens (tertiary/aromatic N) is 1. The second-order valence-electron chi connectivity index (χ2n) is 8.99. The average Bonchev–Trinajstić information content (AvgIpc) is 2.85. The summed E-state index contributed by atoms with van der Waals surface area (Å²) in [6.45, 7) is 3.42. The first-order chi connectivity index (χ1) is 15.3. The monoisotopic (exact) mass is 413 g/mol. The zero-order valence-electron chi connectivity index (χ0n) is 18.4. The minimum atomic E-state index is 0.393. The molecule has 3 nitrogen and oxygen atoms in total. The van der Waals surface area contributed by atoms with Gasteiger partial charge in [0, 0.05) is 17.4 Å². The van der Waals surface area contributed by atoms with Gasteiger partial charge in [-0.05, 0) is 49.2 Å². The summed E-state index contributed by atoms with van der Waals surface area (Å²) >= 11 is 0. The summed E-state index contributed by atoms with van der Waals surface area (Å²) in [6.07, 6.45) is 2.64. The molecular weight excluding hydrogens is 380 g/mol. The smallest absolute Gasteiger partial charge is 0.127 e. The molecule has 0 unspecified atom stereocenters. The maximum absolute atomic E-state index is 5.63. The second kappa shape index (κ2) is 9.25. The summed E-state index contributed by atoms with van der Waals surface area (Å²) < 4.78 is 5.63. The minimum Gasteiger partial charge on any atom is -0.496 e. The quantitative estimate of drug-likeness (QED) is 0.633. The highest BCUT2D eigenvalue weighted by molar-refractivity contribution is 5.36. The maximum Gasteiger partial charge on any atom is 0.127 e. The van der Waals surface area contributed by atoms with Crippen LogP contribution in [0.5, 0.6) is 5.75 Å². The number of methoxy groups -OCH3 is 1. The van der Waals surface area contributed by atoms with Gasteiger partial charge in [-0.3, -0.25) is 4.90 Å². The molecule has 160 valence electrons. The molecule has 2 atom stereocenters. The number of ether oxygens (including phenoxy) is 1. The number of fused-ring (bicyclic) bond motifs is 3. The highest BCUT2D eigenvalue weighted by atomic mass is 16.5. The fourth-order valence-corrected chi connectivity index (χ4v) is 5.93. The van der Waals surface area contributed by atoms with Gasteiger partial charge in [-0.1, -0.05) is 72.8 Å². The van der Waals surface area contributed by atoms with Gasteiger partial charge in [-0.2, -0.15) is 0 Å². The highest BCUT2D eigenvalue weighted by Gasteiger charge is 2.48. The maximum atomic E-state index is 5.63. The molecule has 3 fully saturated rings. The number of rotatable bonds is 7. The van der Waals surface area contributed by atoms with Crippen molar-refractivity contribution in [2.24, 2.45) is 5.92 Å². The van der Waals surface area contributed by atoms with Crippen molar-refractivity contribution < 1.29 is 10.1 Å². The van der Waals surface area contributed by atoms with Crippen LogP contribution in [0.25, 0.3) is 0 Å². The lowest BCUT2D eigenvalue weighted by molar-refractivity contribution is -0.720. The van der Waals surface area contributed by atoms with Crippen LogP contribution in [0, 0.1) is 5.92 Å². The van der Waals surface area contributed by atoms with Gasteiger partial charge in [-0.15, -0.1) is 0 Å². The van der Waals surface area contributed by atoms with E-state index in [4.69, 9.17) is 4.74 Å². The molecule has 3 saturated heterocycles. The summed E-state index contributed by atoms with van der Waals surface area (Å²) in [7, 11) is 1.77. The van der Waals surface area contributed by atoms with Crippen molar-refractivity contribution in [1.82, 2.24) is 4.90 Å². The van der Waals surface area contributed by atoms with Crippen LogP contribution in [0.3, 0.4) is 0 Å². The lowest BCUT2D eigenvalue weighted by atomic mass is 9.70. The van der Waals surface area contributed by atoms with Crippen LogP contribution in [0.2, 0.25) is 0 Å². The molecular formula is C28H33N2O+. The molecule has 0 amide bonds. The first-order valence-electron chi connectivity index (χ1n) is 11.6. The van der Waals surface area contributed by atoms with Crippen molar-refractivity contribution in [3.63, 3.8) is 0 Å². The molecule has 0 aromatic heterocycles. The number of hydrogen-bond acceptors (Lipinski definition) is 2. The van der Waals surface area contributed by atoms with Gasteiger partial charge in [0.25, 0.3) is 0 Å². The van der Waals surface area contributed by atoms with Crippen LogP contribution in [0.15, 0.2) is 84.9 Å². The van der Waals surface area contributed by atoms with Crippen molar-refractivity contribution in [2.45, 2.75) is 37.4 Å². The lowest BCUT2D eigenvalue weighted by Crippen LogP contribution is -2.95. The van der Waals surface area contributed by atoms with Gasteiger partial charge in [-0.25, -0.2) is 0 Å². The molecule has 3 aliphatic heterocycles. The Labute approximate surface area is 186 Å². The summed E-state index contributed by atoms with van der Waals surface area (Å²) in [5.41, 5.74) is 4.15. The van der Waals surface area contributed by atoms with E-state index in [1.165, 1.54) is 42.6 Å². The number of piperidine rings is 3. The van der Waals surface area contributed by atoms with E-state index < -0.39 is 0 Å². The van der Waals surface area contributed by atoms with Crippen LogP contribution >= 0.6 is 0 Å². The zero-order valence-corrected chi connectivity index (χ0v) is 18.4. The van der Waals surface area contributed by atoms with Gasteiger partial charge in [0.05, 0.1) is 13.2 Å². The Bertz CT molecular complexity index is 927. The van der Waals surface area contributed by atoms with E-state index in [0.717, 1.165) is 18.2 Å². The van der Waals surface area contributed by atoms with Gasteiger partial charge in [0.1, 0.15) is 18.3 Å². The van der Waals surface area contributed by atoms with Crippen LogP contribution in [-0.4, -0.2) is 37.2 Å². The highest BCUT2D eigenvalue weighted by Crippen LogP contribution is 2.40. The molecule has 0 saturated carbocycles. The summed E-state index contributed by atoms with van der Waals surface area (Å²) in [5, 5.41) is 2.61. The number of nitrogens with two attached hydrogens (primary N) is 1. The van der Waals surface area contributed by atoms with Crippen molar-refractivity contribution in [3.8, 4) is 5.75 Å². The molecule has 0 aliphatic carbocycles. The predicted octanol–water partition coefficient (Wildman–Crippen LogP) is 4.05. The molecule has 3 aromatic rings. The van der Waals surface area contributed by atoms with E-state index in [9.17, 15) is 0 Å². The van der Waals surface area contributed by atoms with Gasteiger partial charge in [0.2, 0.25) is 0 Å². The van der Waals surface area contributed by atoms with Crippen molar-refractivity contribution >= 4 is 0 Å². The fraction of sp³-hybridized carbons (Fsp3) is 0.357. The average molecular weight is 414 g/mol. The number of para-hydroxylation sites is 1. The van der Waals surface area contributed by atoms with E-state index in [1.54, 1.807) is 7.11 Å². The number of quaternary nitrogens is 1. The third-order valence-electron chi connectivity index (χ3n) is 7.40. The van der Waals surface area contributed by atoms with Crippen LogP contribution in [0.4, 0.5) is 0 Å². The molecule has 3 heteroatoms. The second-order valence-corrected chi connectivity index (χ2v) is 8.99. The Kier molecular flexibility index (Phi) is 6.06. The standard InChI is InChI=1S/C28H32N2O/c1-31-25-15-9-8-14-24(25)20-29-27-23-16-18-30(19-17-23)28(27)26(21-10-4-2-5-11-21)22-12-6-3-7-13-22/h2-15,23,26-29H,16-20H2,1H3/p+1/t27-,28-/m0/s1. The number of benzene rings is 3. The molecule has 3 aromatic carbocycles. The van der Waals surface area contributed by atoms with Crippen LogP contribution in [-0.2, 0) is 6.54 Å². The Morgan fingerprint density at radius 2 is 1.42 bits per heavy atom.